The molecule has 2 rings (SSSR count). The number of halogens is 1. The zero-order chi connectivity index (χ0) is 12.7. The maximum atomic E-state index is 11.8. The lowest BCUT2D eigenvalue weighted by atomic mass is 10.2. The first-order valence-electron chi connectivity index (χ1n) is 4.58. The van der Waals surface area contributed by atoms with Crippen molar-refractivity contribution in [2.24, 2.45) is 7.05 Å². The molecular formula is C10H7ClN2O4. The highest BCUT2D eigenvalue weighted by Crippen LogP contribution is 2.14. The highest BCUT2D eigenvalue weighted by Gasteiger charge is 2.15. The zero-order valence-corrected chi connectivity index (χ0v) is 9.43. The Morgan fingerprint density at radius 1 is 1.35 bits per heavy atom. The third-order valence-electron chi connectivity index (χ3n) is 2.42. The molecule has 2 aromatic rings. The van der Waals surface area contributed by atoms with Gasteiger partial charge in [0.2, 0.25) is 0 Å². The summed E-state index contributed by atoms with van der Waals surface area (Å²) in [4.78, 5) is 34.3. The van der Waals surface area contributed by atoms with Crippen LogP contribution in [0.5, 0.6) is 0 Å². The molecule has 0 unspecified atom stereocenters. The van der Waals surface area contributed by atoms with Gasteiger partial charge in [-0.1, -0.05) is 11.6 Å². The van der Waals surface area contributed by atoms with Gasteiger partial charge in [0.15, 0.2) is 0 Å². The van der Waals surface area contributed by atoms with Crippen LogP contribution in [0.15, 0.2) is 27.8 Å². The van der Waals surface area contributed by atoms with Crippen molar-refractivity contribution in [2.45, 2.75) is 0 Å². The van der Waals surface area contributed by atoms with Gasteiger partial charge in [-0.3, -0.25) is 9.36 Å². The Kier molecular flexibility index (Phi) is 2.51. The Labute approximate surface area is 99.3 Å². The average Bonchev–Trinajstić information content (AvgIpc) is 2.25. The van der Waals surface area contributed by atoms with Crippen molar-refractivity contribution in [1.29, 1.82) is 0 Å². The number of hydrogen-bond acceptors (Lipinski definition) is 3. The standard InChI is InChI=1S/C10H7ClN2O4/c1-12-7-4-5(11)2-3-6(7)8(14)13(9(12)15)10(16)17/h2-4H,1H3,(H,16,17). The molecule has 0 bridgehead atoms. The van der Waals surface area contributed by atoms with Crippen molar-refractivity contribution in [3.8, 4) is 0 Å². The van der Waals surface area contributed by atoms with Gasteiger partial charge < -0.3 is 5.11 Å². The van der Waals surface area contributed by atoms with Crippen LogP contribution in [0, 0.1) is 0 Å². The molecule has 7 heteroatoms. The van der Waals surface area contributed by atoms with Crippen LogP contribution in [0.1, 0.15) is 0 Å². The largest absolute Gasteiger partial charge is 0.464 e. The molecule has 0 fully saturated rings. The van der Waals surface area contributed by atoms with E-state index in [0.29, 0.717) is 10.5 Å². The third-order valence-corrected chi connectivity index (χ3v) is 2.66. The maximum absolute atomic E-state index is 11.8. The highest BCUT2D eigenvalue weighted by atomic mass is 35.5. The van der Waals surface area contributed by atoms with Gasteiger partial charge >= 0.3 is 11.8 Å². The van der Waals surface area contributed by atoms with E-state index in [-0.39, 0.29) is 9.95 Å². The van der Waals surface area contributed by atoms with Crippen LogP contribution in [-0.2, 0) is 7.05 Å². The SMILES string of the molecule is Cn1c(=O)n(C(=O)O)c(=O)c2ccc(Cl)cc21. The Morgan fingerprint density at radius 3 is 2.59 bits per heavy atom. The molecule has 88 valence electrons. The second kappa shape index (κ2) is 3.74. The molecule has 6 nitrogen and oxygen atoms in total. The van der Waals surface area contributed by atoms with E-state index < -0.39 is 17.3 Å². The fourth-order valence-electron chi connectivity index (χ4n) is 1.59. The molecule has 1 aromatic heterocycles. The molecule has 0 spiro atoms. The predicted molar refractivity (Wildman–Crippen MR) is 61.9 cm³/mol. The molecule has 17 heavy (non-hydrogen) atoms. The molecule has 1 heterocycles. The number of benzene rings is 1. The third kappa shape index (κ3) is 1.62. The molecule has 0 radical (unpaired) electrons. The molecule has 0 saturated heterocycles. The molecule has 1 N–H and O–H groups in total. The van der Waals surface area contributed by atoms with Crippen LogP contribution in [0.2, 0.25) is 5.02 Å². The predicted octanol–water partition coefficient (Wildman–Crippen LogP) is 0.880. The summed E-state index contributed by atoms with van der Waals surface area (Å²) in [6.45, 7) is 0. The molecule has 0 aliphatic heterocycles. The van der Waals surface area contributed by atoms with Gasteiger partial charge in [0.05, 0.1) is 10.9 Å². The number of carbonyl (C=O) groups is 1. The van der Waals surface area contributed by atoms with E-state index in [0.717, 1.165) is 4.57 Å². The second-order valence-electron chi connectivity index (χ2n) is 3.43. The summed E-state index contributed by atoms with van der Waals surface area (Å²) in [7, 11) is 1.37. The smallest absolute Gasteiger partial charge is 0.422 e. The van der Waals surface area contributed by atoms with Gasteiger partial charge in [0, 0.05) is 12.1 Å². The van der Waals surface area contributed by atoms with Gasteiger partial charge in [-0.05, 0) is 18.2 Å². The summed E-state index contributed by atoms with van der Waals surface area (Å²) < 4.78 is 1.23. The first-order chi connectivity index (χ1) is 7.93. The molecule has 0 aliphatic rings. The first-order valence-corrected chi connectivity index (χ1v) is 4.96. The molecule has 0 atom stereocenters. The number of aromatic nitrogens is 2. The summed E-state index contributed by atoms with van der Waals surface area (Å²) in [5.41, 5.74) is -1.49. The van der Waals surface area contributed by atoms with Gasteiger partial charge in [-0.25, -0.2) is 9.59 Å². The minimum Gasteiger partial charge on any atom is -0.464 e. The number of aryl methyl sites for hydroxylation is 1. The van der Waals surface area contributed by atoms with Crippen molar-refractivity contribution in [2.75, 3.05) is 0 Å². The summed E-state index contributed by atoms with van der Waals surface area (Å²) in [5, 5.41) is 9.29. The number of fused-ring (bicyclic) bond motifs is 1. The van der Waals surface area contributed by atoms with Crippen molar-refractivity contribution in [3.63, 3.8) is 0 Å². The average molecular weight is 255 g/mol. The number of carboxylic acid groups (broad SMARTS) is 1. The summed E-state index contributed by atoms with van der Waals surface area (Å²) in [6.07, 6.45) is -1.60. The molecule has 0 aliphatic carbocycles. The van der Waals surface area contributed by atoms with Gasteiger partial charge in [0.1, 0.15) is 0 Å². The fraction of sp³-hybridized carbons (Fsp3) is 0.100. The van der Waals surface area contributed by atoms with Crippen molar-refractivity contribution < 1.29 is 9.90 Å². The monoisotopic (exact) mass is 254 g/mol. The van der Waals surface area contributed by atoms with Crippen molar-refractivity contribution in [3.05, 3.63) is 44.1 Å². The second-order valence-corrected chi connectivity index (χ2v) is 3.86. The van der Waals surface area contributed by atoms with E-state index in [4.69, 9.17) is 16.7 Å². The van der Waals surface area contributed by atoms with Crippen LogP contribution < -0.4 is 11.2 Å². The van der Waals surface area contributed by atoms with Crippen LogP contribution in [0.3, 0.4) is 0 Å². The molecule has 0 saturated carbocycles. The fourth-order valence-corrected chi connectivity index (χ4v) is 1.76. The maximum Gasteiger partial charge on any atom is 0.422 e. The lowest BCUT2D eigenvalue weighted by Gasteiger charge is -2.07. The summed E-state index contributed by atoms with van der Waals surface area (Å²) >= 11 is 5.76. The van der Waals surface area contributed by atoms with E-state index in [9.17, 15) is 14.4 Å². The Balaban J connectivity index is 3.11. The normalized spacial score (nSPS) is 10.7. The Bertz CT molecular complexity index is 744. The quantitative estimate of drug-likeness (QED) is 0.757. The number of nitrogens with zero attached hydrogens (tertiary/aromatic N) is 2. The van der Waals surface area contributed by atoms with Crippen LogP contribution >= 0.6 is 11.6 Å². The Morgan fingerprint density at radius 2 is 2.00 bits per heavy atom. The summed E-state index contributed by atoms with van der Waals surface area (Å²) in [6, 6.07) is 4.28. The molecule has 1 aromatic carbocycles. The van der Waals surface area contributed by atoms with E-state index in [1.807, 2.05) is 0 Å². The lowest BCUT2D eigenvalue weighted by molar-refractivity contribution is 0.193. The minimum absolute atomic E-state index is 0.124. The minimum atomic E-state index is -1.60. The van der Waals surface area contributed by atoms with Crippen LogP contribution in [-0.4, -0.2) is 20.3 Å². The van der Waals surface area contributed by atoms with Gasteiger partial charge in [-0.2, -0.15) is 4.57 Å². The van der Waals surface area contributed by atoms with Crippen LogP contribution in [0.4, 0.5) is 4.79 Å². The van der Waals surface area contributed by atoms with E-state index in [1.165, 1.54) is 25.2 Å². The van der Waals surface area contributed by atoms with Crippen molar-refractivity contribution >= 4 is 28.6 Å². The van der Waals surface area contributed by atoms with Crippen molar-refractivity contribution in [1.82, 2.24) is 9.13 Å². The zero-order valence-electron chi connectivity index (χ0n) is 8.68. The number of rotatable bonds is 0. The van der Waals surface area contributed by atoms with Gasteiger partial charge in [0.25, 0.3) is 5.56 Å². The van der Waals surface area contributed by atoms with Gasteiger partial charge in [-0.15, -0.1) is 0 Å². The van der Waals surface area contributed by atoms with Crippen LogP contribution in [0.25, 0.3) is 10.9 Å². The highest BCUT2D eigenvalue weighted by molar-refractivity contribution is 6.31. The first kappa shape index (κ1) is 11.4. The topological polar surface area (TPSA) is 81.3 Å². The lowest BCUT2D eigenvalue weighted by Crippen LogP contribution is -2.42. The summed E-state index contributed by atoms with van der Waals surface area (Å²) in [5.74, 6) is 0. The van der Waals surface area contributed by atoms with E-state index in [1.54, 1.807) is 0 Å². The molecular weight excluding hydrogens is 248 g/mol. The number of hydrogen-bond donors (Lipinski definition) is 1. The Hall–Kier alpha value is -2.08. The van der Waals surface area contributed by atoms with E-state index >= 15 is 0 Å². The van der Waals surface area contributed by atoms with E-state index in [2.05, 4.69) is 0 Å². The molecule has 0 amide bonds.